The number of anilines is 1. The highest BCUT2D eigenvalue weighted by atomic mass is 32.1. The van der Waals surface area contributed by atoms with Gasteiger partial charge in [-0.25, -0.2) is 9.67 Å². The van der Waals surface area contributed by atoms with Crippen molar-refractivity contribution >= 4 is 22.4 Å². The molecule has 3 aromatic rings. The molecule has 4 rings (SSSR count). The lowest BCUT2D eigenvalue weighted by atomic mass is 10.1. The van der Waals surface area contributed by atoms with Gasteiger partial charge in [-0.3, -0.25) is 4.79 Å². The number of hydrogen-bond donors (Lipinski definition) is 1. The maximum Gasteiger partial charge on any atom is 0.438 e. The molecule has 6 nitrogen and oxygen atoms in total. The fraction of sp³-hybridized carbons (Fsp3) is 0.235. The first-order chi connectivity index (χ1) is 14.0. The lowest BCUT2D eigenvalue weighted by Gasteiger charge is -2.17. The van der Waals surface area contributed by atoms with E-state index in [-0.39, 0.29) is 28.0 Å². The zero-order valence-electron chi connectivity index (χ0n) is 14.9. The molecule has 0 aliphatic carbocycles. The number of benzene rings is 1. The molecule has 0 spiro atoms. The number of rotatable bonds is 2. The zero-order valence-corrected chi connectivity index (χ0v) is 15.7. The van der Waals surface area contributed by atoms with E-state index in [0.29, 0.717) is 4.68 Å². The Balaban J connectivity index is 2.01. The Morgan fingerprint density at radius 3 is 2.50 bits per heavy atom. The van der Waals surface area contributed by atoms with Gasteiger partial charge in [0, 0.05) is 6.92 Å². The van der Waals surface area contributed by atoms with Crippen LogP contribution in [0.2, 0.25) is 0 Å². The minimum atomic E-state index is -4.97. The van der Waals surface area contributed by atoms with Gasteiger partial charge in [-0.2, -0.15) is 31.4 Å². The number of hydrogen-bond acceptors (Lipinski definition) is 5. The van der Waals surface area contributed by atoms with Crippen molar-refractivity contribution in [3.05, 3.63) is 41.2 Å². The van der Waals surface area contributed by atoms with Crippen LogP contribution in [0.1, 0.15) is 23.9 Å². The number of aromatic nitrogens is 3. The van der Waals surface area contributed by atoms with Gasteiger partial charge in [0.2, 0.25) is 11.6 Å². The SMILES string of the molecule is CC(=O)Nc1nc2c(s1)-c1c(c(C(F)(F)F)nn1-c1ccccc1C(F)(F)F)OC2. The molecule has 1 N–H and O–H groups in total. The number of ether oxygens (including phenoxy) is 1. The summed E-state index contributed by atoms with van der Waals surface area (Å²) < 4.78 is 86.9. The van der Waals surface area contributed by atoms with Crippen molar-refractivity contribution in [2.45, 2.75) is 25.9 Å². The predicted octanol–water partition coefficient (Wildman–Crippen LogP) is 4.88. The average molecular weight is 448 g/mol. The Bertz CT molecular complexity index is 1150. The molecule has 2 aromatic heterocycles. The van der Waals surface area contributed by atoms with Gasteiger partial charge in [-0.05, 0) is 12.1 Å². The first-order valence-corrected chi connectivity index (χ1v) is 9.05. The van der Waals surface area contributed by atoms with Crippen LogP contribution in [-0.2, 0) is 23.8 Å². The molecular weight excluding hydrogens is 438 g/mol. The molecule has 0 saturated heterocycles. The summed E-state index contributed by atoms with van der Waals surface area (Å²) in [7, 11) is 0. The van der Waals surface area contributed by atoms with Gasteiger partial charge >= 0.3 is 12.4 Å². The van der Waals surface area contributed by atoms with E-state index >= 15 is 0 Å². The van der Waals surface area contributed by atoms with Crippen molar-refractivity contribution in [1.29, 1.82) is 0 Å². The van der Waals surface area contributed by atoms with Crippen LogP contribution in [0.4, 0.5) is 31.5 Å². The summed E-state index contributed by atoms with van der Waals surface area (Å²) >= 11 is 0.820. The largest absolute Gasteiger partial charge is 0.483 e. The van der Waals surface area contributed by atoms with Crippen molar-refractivity contribution in [2.75, 3.05) is 5.32 Å². The molecule has 13 heteroatoms. The molecule has 1 aromatic carbocycles. The zero-order chi connectivity index (χ0) is 21.8. The Morgan fingerprint density at radius 2 is 1.87 bits per heavy atom. The molecule has 1 amide bonds. The van der Waals surface area contributed by atoms with E-state index in [1.807, 2.05) is 0 Å². The van der Waals surface area contributed by atoms with Gasteiger partial charge in [0.1, 0.15) is 18.0 Å². The Kier molecular flexibility index (Phi) is 4.52. The van der Waals surface area contributed by atoms with Crippen molar-refractivity contribution in [2.24, 2.45) is 0 Å². The Hall–Kier alpha value is -3.09. The third-order valence-electron chi connectivity index (χ3n) is 4.10. The van der Waals surface area contributed by atoms with E-state index in [1.54, 1.807) is 0 Å². The first-order valence-electron chi connectivity index (χ1n) is 8.24. The fourth-order valence-electron chi connectivity index (χ4n) is 2.98. The third-order valence-corrected chi connectivity index (χ3v) is 5.12. The molecule has 0 bridgehead atoms. The Morgan fingerprint density at radius 1 is 1.17 bits per heavy atom. The number of nitrogens with one attached hydrogen (secondary N) is 1. The number of amides is 1. The summed E-state index contributed by atoms with van der Waals surface area (Å²) in [5.41, 5.74) is -3.34. The van der Waals surface area contributed by atoms with Gasteiger partial charge in [-0.1, -0.05) is 23.5 Å². The highest BCUT2D eigenvalue weighted by molar-refractivity contribution is 7.19. The van der Waals surface area contributed by atoms with Gasteiger partial charge in [0.15, 0.2) is 10.9 Å². The standard InChI is InChI=1S/C17H10F6N4O2S/c1-7(28)24-15-25-9-6-29-12-11(13(9)30-15)27(26-14(12)17(21,22)23)10-5-3-2-4-8(10)16(18,19)20/h2-5H,6H2,1H3,(H,24,25,28). The number of thiazole rings is 1. The van der Waals surface area contributed by atoms with Crippen LogP contribution in [0.15, 0.2) is 24.3 Å². The minimum absolute atomic E-state index is 0.0781. The number of alkyl halides is 6. The van der Waals surface area contributed by atoms with Crippen LogP contribution in [0.3, 0.4) is 0 Å². The van der Waals surface area contributed by atoms with Crippen LogP contribution in [0, 0.1) is 0 Å². The maximum absolute atomic E-state index is 13.5. The van der Waals surface area contributed by atoms with E-state index in [0.717, 1.165) is 29.5 Å². The number of para-hydroxylation sites is 1. The highest BCUT2D eigenvalue weighted by Gasteiger charge is 2.44. The van der Waals surface area contributed by atoms with Crippen LogP contribution in [0.25, 0.3) is 16.3 Å². The van der Waals surface area contributed by atoms with Gasteiger partial charge in [0.05, 0.1) is 16.1 Å². The molecule has 0 unspecified atom stereocenters. The number of carbonyl (C=O) groups is 1. The minimum Gasteiger partial charge on any atom is -0.483 e. The van der Waals surface area contributed by atoms with E-state index in [4.69, 9.17) is 4.74 Å². The summed E-state index contributed by atoms with van der Waals surface area (Å²) in [4.78, 5) is 15.5. The normalized spacial score (nSPS) is 13.4. The monoisotopic (exact) mass is 448 g/mol. The third kappa shape index (κ3) is 3.38. The van der Waals surface area contributed by atoms with Crippen molar-refractivity contribution in [1.82, 2.24) is 14.8 Å². The second-order valence-electron chi connectivity index (χ2n) is 6.22. The van der Waals surface area contributed by atoms with E-state index < -0.39 is 41.0 Å². The second-order valence-corrected chi connectivity index (χ2v) is 7.21. The summed E-state index contributed by atoms with van der Waals surface area (Å²) in [5.74, 6) is -1.15. The second kappa shape index (κ2) is 6.72. The highest BCUT2D eigenvalue weighted by Crippen LogP contribution is 2.49. The summed E-state index contributed by atoms with van der Waals surface area (Å²) in [5, 5.41) is 5.92. The quantitative estimate of drug-likeness (QED) is 0.568. The number of carbonyl (C=O) groups excluding carboxylic acids is 1. The molecule has 0 radical (unpaired) electrons. The lowest BCUT2D eigenvalue weighted by molar-refractivity contribution is -0.142. The summed E-state index contributed by atoms with van der Waals surface area (Å²) in [6.07, 6.45) is -9.80. The van der Waals surface area contributed by atoms with Crippen LogP contribution < -0.4 is 10.1 Å². The van der Waals surface area contributed by atoms with E-state index in [2.05, 4.69) is 15.4 Å². The van der Waals surface area contributed by atoms with Crippen LogP contribution in [0.5, 0.6) is 5.75 Å². The maximum atomic E-state index is 13.5. The Labute approximate surface area is 168 Å². The smallest absolute Gasteiger partial charge is 0.438 e. The van der Waals surface area contributed by atoms with Crippen molar-refractivity contribution in [3.8, 4) is 22.0 Å². The first kappa shape index (κ1) is 20.2. The van der Waals surface area contributed by atoms with Crippen LogP contribution in [-0.4, -0.2) is 20.7 Å². The number of halogens is 6. The molecule has 0 saturated carbocycles. The lowest BCUT2D eigenvalue weighted by Crippen LogP contribution is -2.13. The van der Waals surface area contributed by atoms with Gasteiger partial charge in [0.25, 0.3) is 0 Å². The molecule has 0 fully saturated rings. The molecule has 1 aliphatic rings. The topological polar surface area (TPSA) is 69.0 Å². The molecule has 30 heavy (non-hydrogen) atoms. The predicted molar refractivity (Wildman–Crippen MR) is 93.3 cm³/mol. The molecule has 0 atom stereocenters. The van der Waals surface area contributed by atoms with Gasteiger partial charge in [-0.15, -0.1) is 0 Å². The molecule has 1 aliphatic heterocycles. The van der Waals surface area contributed by atoms with E-state index in [1.165, 1.54) is 13.0 Å². The number of nitrogens with zero attached hydrogens (tertiary/aromatic N) is 3. The van der Waals surface area contributed by atoms with Crippen molar-refractivity contribution < 1.29 is 35.9 Å². The molecule has 3 heterocycles. The average Bonchev–Trinajstić information content (AvgIpc) is 3.20. The summed E-state index contributed by atoms with van der Waals surface area (Å²) in [6, 6.07) is 4.14. The molecule has 158 valence electrons. The van der Waals surface area contributed by atoms with E-state index in [9.17, 15) is 31.1 Å². The van der Waals surface area contributed by atoms with Crippen LogP contribution >= 0.6 is 11.3 Å². The molecular formula is C17H10F6N4O2S. The van der Waals surface area contributed by atoms with Gasteiger partial charge < -0.3 is 10.1 Å². The summed E-state index contributed by atoms with van der Waals surface area (Å²) in [6.45, 7) is 0.863. The fourth-order valence-corrected chi connectivity index (χ4v) is 4.02. The number of fused-ring (bicyclic) bond motifs is 3. The van der Waals surface area contributed by atoms with Crippen molar-refractivity contribution in [3.63, 3.8) is 0 Å².